The maximum atomic E-state index is 12.8. The summed E-state index contributed by atoms with van der Waals surface area (Å²) in [4.78, 5) is 17.0. The van der Waals surface area contributed by atoms with E-state index in [-0.39, 0.29) is 5.91 Å². The quantitative estimate of drug-likeness (QED) is 0.874. The summed E-state index contributed by atoms with van der Waals surface area (Å²) in [5, 5.41) is 3.99. The molecule has 1 aliphatic heterocycles. The van der Waals surface area contributed by atoms with E-state index in [4.69, 9.17) is 4.52 Å². The van der Waals surface area contributed by atoms with Gasteiger partial charge >= 0.3 is 0 Å². The number of benzene rings is 1. The number of hydrogen-bond acceptors (Lipinski definition) is 4. The predicted octanol–water partition coefficient (Wildman–Crippen LogP) is 2.82. The molecule has 0 atom stereocenters. The van der Waals surface area contributed by atoms with Gasteiger partial charge in [-0.05, 0) is 31.9 Å². The zero-order valence-corrected chi connectivity index (χ0v) is 14.0. The monoisotopic (exact) mass is 313 g/mol. The highest BCUT2D eigenvalue weighted by atomic mass is 16.5. The summed E-state index contributed by atoms with van der Waals surface area (Å²) in [6, 6.07) is 8.39. The molecule has 0 aliphatic carbocycles. The molecule has 3 rings (SSSR count). The van der Waals surface area contributed by atoms with Crippen molar-refractivity contribution in [2.75, 3.05) is 31.1 Å². The second-order valence-electron chi connectivity index (χ2n) is 5.98. The number of carbonyl (C=O) groups is 1. The molecule has 1 aromatic heterocycles. The third-order valence-electron chi connectivity index (χ3n) is 4.51. The standard InChI is InChI=1S/C18H23N3O2/c1-4-15-17(14(3)23-19-15)18(22)21-11-9-20(10-12-21)16-8-6-5-7-13(16)2/h5-8H,4,9-12H2,1-3H3. The van der Waals surface area contributed by atoms with Crippen LogP contribution in [0.25, 0.3) is 0 Å². The molecule has 5 nitrogen and oxygen atoms in total. The second kappa shape index (κ2) is 6.44. The van der Waals surface area contributed by atoms with E-state index < -0.39 is 0 Å². The van der Waals surface area contributed by atoms with Crippen molar-refractivity contribution >= 4 is 11.6 Å². The molecule has 1 fully saturated rings. The number of piperazine rings is 1. The number of aryl methyl sites for hydroxylation is 3. The van der Waals surface area contributed by atoms with Crippen LogP contribution in [0, 0.1) is 13.8 Å². The summed E-state index contributed by atoms with van der Waals surface area (Å²) in [6.07, 6.45) is 0.710. The lowest BCUT2D eigenvalue weighted by Crippen LogP contribution is -2.49. The molecule has 1 aliphatic rings. The van der Waals surface area contributed by atoms with Crippen molar-refractivity contribution in [2.24, 2.45) is 0 Å². The van der Waals surface area contributed by atoms with Crippen molar-refractivity contribution < 1.29 is 9.32 Å². The van der Waals surface area contributed by atoms with E-state index >= 15 is 0 Å². The summed E-state index contributed by atoms with van der Waals surface area (Å²) < 4.78 is 5.20. The van der Waals surface area contributed by atoms with Crippen LogP contribution < -0.4 is 4.90 Å². The maximum absolute atomic E-state index is 12.8. The molecule has 122 valence electrons. The third kappa shape index (κ3) is 2.96. The Morgan fingerprint density at radius 2 is 1.87 bits per heavy atom. The Labute approximate surface area is 136 Å². The van der Waals surface area contributed by atoms with Crippen LogP contribution in [-0.2, 0) is 6.42 Å². The van der Waals surface area contributed by atoms with E-state index in [9.17, 15) is 4.79 Å². The molecule has 0 bridgehead atoms. The Morgan fingerprint density at radius 3 is 2.52 bits per heavy atom. The Bertz CT molecular complexity index is 700. The SMILES string of the molecule is CCc1noc(C)c1C(=O)N1CCN(c2ccccc2C)CC1. The van der Waals surface area contributed by atoms with Gasteiger partial charge in [0.25, 0.3) is 5.91 Å². The zero-order valence-electron chi connectivity index (χ0n) is 14.0. The maximum Gasteiger partial charge on any atom is 0.259 e. The van der Waals surface area contributed by atoms with Gasteiger partial charge in [-0.2, -0.15) is 0 Å². The van der Waals surface area contributed by atoms with Crippen molar-refractivity contribution in [3.05, 3.63) is 46.8 Å². The van der Waals surface area contributed by atoms with Gasteiger partial charge < -0.3 is 14.3 Å². The minimum atomic E-state index is 0.0463. The van der Waals surface area contributed by atoms with Crippen LogP contribution in [0.15, 0.2) is 28.8 Å². The van der Waals surface area contributed by atoms with Gasteiger partial charge in [0.1, 0.15) is 11.3 Å². The third-order valence-corrected chi connectivity index (χ3v) is 4.51. The van der Waals surface area contributed by atoms with Crippen molar-refractivity contribution in [3.8, 4) is 0 Å². The smallest absolute Gasteiger partial charge is 0.259 e. The van der Waals surface area contributed by atoms with Crippen molar-refractivity contribution in [2.45, 2.75) is 27.2 Å². The molecule has 0 radical (unpaired) electrons. The number of amides is 1. The number of aromatic nitrogens is 1. The van der Waals surface area contributed by atoms with Crippen molar-refractivity contribution in [1.82, 2.24) is 10.1 Å². The number of para-hydroxylation sites is 1. The summed E-state index contributed by atoms with van der Waals surface area (Å²) in [6.45, 7) is 9.07. The lowest BCUT2D eigenvalue weighted by molar-refractivity contribution is 0.0744. The van der Waals surface area contributed by atoms with E-state index in [1.807, 2.05) is 18.7 Å². The topological polar surface area (TPSA) is 49.6 Å². The number of anilines is 1. The van der Waals surface area contributed by atoms with E-state index in [0.717, 1.165) is 31.9 Å². The molecule has 1 aromatic carbocycles. The van der Waals surface area contributed by atoms with E-state index in [0.29, 0.717) is 17.7 Å². The lowest BCUT2D eigenvalue weighted by Gasteiger charge is -2.36. The summed E-state index contributed by atoms with van der Waals surface area (Å²) in [7, 11) is 0. The molecular weight excluding hydrogens is 290 g/mol. The Balaban J connectivity index is 1.70. The lowest BCUT2D eigenvalue weighted by atomic mass is 10.1. The van der Waals surface area contributed by atoms with Crippen LogP contribution in [0.5, 0.6) is 0 Å². The predicted molar refractivity (Wildman–Crippen MR) is 89.9 cm³/mol. The average Bonchev–Trinajstić information content (AvgIpc) is 2.95. The van der Waals surface area contributed by atoms with Crippen LogP contribution in [-0.4, -0.2) is 42.1 Å². The zero-order chi connectivity index (χ0) is 16.4. The molecule has 2 aromatic rings. The van der Waals surface area contributed by atoms with Crippen molar-refractivity contribution in [1.29, 1.82) is 0 Å². The highest BCUT2D eigenvalue weighted by Gasteiger charge is 2.27. The number of carbonyl (C=O) groups excluding carboxylic acids is 1. The van der Waals surface area contributed by atoms with E-state index in [2.05, 4.69) is 41.2 Å². The Kier molecular flexibility index (Phi) is 4.37. The molecule has 2 heterocycles. The Hall–Kier alpha value is -2.30. The van der Waals surface area contributed by atoms with Gasteiger partial charge in [0, 0.05) is 31.9 Å². The van der Waals surface area contributed by atoms with Crippen LogP contribution in [0.2, 0.25) is 0 Å². The number of hydrogen-bond donors (Lipinski definition) is 0. The van der Waals surface area contributed by atoms with Gasteiger partial charge in [-0.25, -0.2) is 0 Å². The first-order valence-corrected chi connectivity index (χ1v) is 8.16. The molecule has 0 unspecified atom stereocenters. The van der Waals surface area contributed by atoms with Gasteiger partial charge in [-0.1, -0.05) is 30.3 Å². The fourth-order valence-electron chi connectivity index (χ4n) is 3.16. The molecule has 1 amide bonds. The van der Waals surface area contributed by atoms with Gasteiger partial charge in [-0.3, -0.25) is 4.79 Å². The van der Waals surface area contributed by atoms with Gasteiger partial charge in [0.15, 0.2) is 0 Å². The van der Waals surface area contributed by atoms with Crippen LogP contribution in [0.3, 0.4) is 0 Å². The molecule has 0 spiro atoms. The molecule has 23 heavy (non-hydrogen) atoms. The molecule has 5 heteroatoms. The van der Waals surface area contributed by atoms with Crippen molar-refractivity contribution in [3.63, 3.8) is 0 Å². The Morgan fingerprint density at radius 1 is 1.17 bits per heavy atom. The van der Waals surface area contributed by atoms with E-state index in [1.54, 1.807) is 0 Å². The van der Waals surface area contributed by atoms with Crippen LogP contribution in [0.4, 0.5) is 5.69 Å². The first-order valence-electron chi connectivity index (χ1n) is 8.16. The van der Waals surface area contributed by atoms with Gasteiger partial charge in [-0.15, -0.1) is 0 Å². The minimum absolute atomic E-state index is 0.0463. The summed E-state index contributed by atoms with van der Waals surface area (Å²) in [5.41, 5.74) is 3.94. The number of rotatable bonds is 3. The van der Waals surface area contributed by atoms with E-state index in [1.165, 1.54) is 11.3 Å². The summed E-state index contributed by atoms with van der Waals surface area (Å²) in [5.74, 6) is 0.665. The fourth-order valence-corrected chi connectivity index (χ4v) is 3.16. The highest BCUT2D eigenvalue weighted by Crippen LogP contribution is 2.22. The molecule has 1 saturated heterocycles. The first kappa shape index (κ1) is 15.6. The minimum Gasteiger partial charge on any atom is -0.368 e. The van der Waals surface area contributed by atoms with Gasteiger partial charge in [0.05, 0.1) is 5.69 Å². The largest absolute Gasteiger partial charge is 0.368 e. The second-order valence-corrected chi connectivity index (χ2v) is 5.98. The summed E-state index contributed by atoms with van der Waals surface area (Å²) >= 11 is 0. The fraction of sp³-hybridized carbons (Fsp3) is 0.444. The van der Waals surface area contributed by atoms with Crippen LogP contribution >= 0.6 is 0 Å². The van der Waals surface area contributed by atoms with Gasteiger partial charge in [0.2, 0.25) is 0 Å². The average molecular weight is 313 g/mol. The molecule has 0 N–H and O–H groups in total. The normalized spacial score (nSPS) is 15.1. The first-order chi connectivity index (χ1) is 11.1. The molecule has 0 saturated carbocycles. The molecular formula is C18H23N3O2. The number of nitrogens with zero attached hydrogens (tertiary/aromatic N) is 3. The van der Waals surface area contributed by atoms with Crippen LogP contribution in [0.1, 0.15) is 34.3 Å². The highest BCUT2D eigenvalue weighted by molar-refractivity contribution is 5.96.